The third kappa shape index (κ3) is 3.04. The Hall–Kier alpha value is -1.20. The Bertz CT molecular complexity index is 683. The molecule has 0 aliphatic heterocycles. The smallest absolute Gasteiger partial charge is 0.220 e. The second-order valence-corrected chi connectivity index (χ2v) is 7.33. The average molecular weight is 324 g/mol. The summed E-state index contributed by atoms with van der Waals surface area (Å²) < 4.78 is 0. The highest BCUT2D eigenvalue weighted by molar-refractivity contribution is 7.19. The van der Waals surface area contributed by atoms with Gasteiger partial charge in [-0.1, -0.05) is 11.6 Å². The number of carbonyl (C=O) groups is 1. The van der Waals surface area contributed by atoms with Gasteiger partial charge in [-0.2, -0.15) is 0 Å². The first-order chi connectivity index (χ1) is 10.0. The number of halogens is 1. The lowest BCUT2D eigenvalue weighted by molar-refractivity contribution is -0.122. The summed E-state index contributed by atoms with van der Waals surface area (Å²) in [5.41, 5.74) is 1.29. The Labute approximate surface area is 132 Å². The molecule has 0 saturated heterocycles. The molecule has 21 heavy (non-hydrogen) atoms. The maximum Gasteiger partial charge on any atom is 0.220 e. The summed E-state index contributed by atoms with van der Waals surface area (Å²) in [6, 6.07) is 0.204. The number of hydrogen-bond donors (Lipinski definition) is 1. The topological polar surface area (TPSA) is 54.9 Å². The van der Waals surface area contributed by atoms with Crippen molar-refractivity contribution >= 4 is 39.1 Å². The SMILES string of the molecule is CC(C)NC(=O)CC1CCc2c(sc3ncnc(Cl)c23)C1. The van der Waals surface area contributed by atoms with E-state index in [9.17, 15) is 4.79 Å². The van der Waals surface area contributed by atoms with Crippen LogP contribution in [0, 0.1) is 5.92 Å². The van der Waals surface area contributed by atoms with E-state index in [1.807, 2.05) is 13.8 Å². The van der Waals surface area contributed by atoms with Gasteiger partial charge in [-0.15, -0.1) is 11.3 Å². The Morgan fingerprint density at radius 3 is 3.10 bits per heavy atom. The fourth-order valence-corrected chi connectivity index (χ4v) is 4.56. The molecule has 2 aromatic rings. The van der Waals surface area contributed by atoms with Crippen molar-refractivity contribution in [2.75, 3.05) is 0 Å². The molecule has 1 unspecified atom stereocenters. The molecule has 3 rings (SSSR count). The third-order valence-corrected chi connectivity index (χ3v) is 5.27. The first-order valence-corrected chi connectivity index (χ1v) is 8.44. The number of aryl methyl sites for hydroxylation is 1. The minimum absolute atomic E-state index is 0.150. The normalized spacial score (nSPS) is 18.0. The van der Waals surface area contributed by atoms with E-state index in [1.54, 1.807) is 11.3 Å². The lowest BCUT2D eigenvalue weighted by Gasteiger charge is -2.22. The highest BCUT2D eigenvalue weighted by Crippen LogP contribution is 2.40. The average Bonchev–Trinajstić information content (AvgIpc) is 2.76. The number of fused-ring (bicyclic) bond motifs is 3. The molecule has 0 radical (unpaired) electrons. The van der Waals surface area contributed by atoms with Crippen molar-refractivity contribution in [3.63, 3.8) is 0 Å². The molecule has 1 aliphatic carbocycles. The van der Waals surface area contributed by atoms with E-state index in [0.717, 1.165) is 29.5 Å². The number of carbonyl (C=O) groups excluding carboxylic acids is 1. The van der Waals surface area contributed by atoms with Crippen molar-refractivity contribution in [3.05, 3.63) is 21.9 Å². The van der Waals surface area contributed by atoms with Gasteiger partial charge in [0, 0.05) is 17.3 Å². The Kier molecular flexibility index (Phi) is 4.13. The van der Waals surface area contributed by atoms with Gasteiger partial charge in [0.05, 0.1) is 5.39 Å². The van der Waals surface area contributed by atoms with Crippen LogP contribution >= 0.6 is 22.9 Å². The Morgan fingerprint density at radius 2 is 2.33 bits per heavy atom. The predicted octanol–water partition coefficient (Wildman–Crippen LogP) is 3.36. The number of amides is 1. The molecule has 2 aromatic heterocycles. The maximum absolute atomic E-state index is 11.9. The van der Waals surface area contributed by atoms with Gasteiger partial charge in [0.15, 0.2) is 0 Å². The van der Waals surface area contributed by atoms with Crippen molar-refractivity contribution in [3.8, 4) is 0 Å². The van der Waals surface area contributed by atoms with Gasteiger partial charge in [-0.05, 0) is 44.6 Å². The number of nitrogens with zero attached hydrogens (tertiary/aromatic N) is 2. The second-order valence-electron chi connectivity index (χ2n) is 5.88. The zero-order valence-corrected chi connectivity index (χ0v) is 13.7. The summed E-state index contributed by atoms with van der Waals surface area (Å²) in [6.45, 7) is 3.98. The van der Waals surface area contributed by atoms with Crippen LogP contribution in [0.2, 0.25) is 5.15 Å². The fraction of sp³-hybridized carbons (Fsp3) is 0.533. The molecule has 0 fully saturated rings. The van der Waals surface area contributed by atoms with Gasteiger partial charge < -0.3 is 5.32 Å². The molecule has 1 N–H and O–H groups in total. The first kappa shape index (κ1) is 14.7. The molecule has 1 amide bonds. The zero-order chi connectivity index (χ0) is 15.0. The molecule has 4 nitrogen and oxygen atoms in total. The number of aromatic nitrogens is 2. The van der Waals surface area contributed by atoms with Crippen molar-refractivity contribution in [2.45, 2.75) is 45.6 Å². The highest BCUT2D eigenvalue weighted by atomic mass is 35.5. The maximum atomic E-state index is 11.9. The third-order valence-electron chi connectivity index (χ3n) is 3.82. The molecular weight excluding hydrogens is 306 g/mol. The monoisotopic (exact) mass is 323 g/mol. The van der Waals surface area contributed by atoms with Crippen molar-refractivity contribution in [1.82, 2.24) is 15.3 Å². The van der Waals surface area contributed by atoms with Gasteiger partial charge in [-0.25, -0.2) is 9.97 Å². The van der Waals surface area contributed by atoms with Crippen LogP contribution in [0.25, 0.3) is 10.2 Å². The van der Waals surface area contributed by atoms with Crippen LogP contribution in [-0.2, 0) is 17.6 Å². The van der Waals surface area contributed by atoms with E-state index >= 15 is 0 Å². The van der Waals surface area contributed by atoms with E-state index in [0.29, 0.717) is 17.5 Å². The standard InChI is InChI=1S/C15H18ClN3OS/c1-8(2)19-12(20)6-9-3-4-10-11(5-9)21-15-13(10)14(16)17-7-18-15/h7-9H,3-6H2,1-2H3,(H,19,20). The van der Waals surface area contributed by atoms with Crippen LogP contribution in [-0.4, -0.2) is 21.9 Å². The van der Waals surface area contributed by atoms with E-state index in [2.05, 4.69) is 15.3 Å². The van der Waals surface area contributed by atoms with E-state index in [-0.39, 0.29) is 11.9 Å². The molecule has 1 atom stereocenters. The summed E-state index contributed by atoms with van der Waals surface area (Å²) in [4.78, 5) is 22.6. The molecule has 0 aromatic carbocycles. The second kappa shape index (κ2) is 5.89. The predicted molar refractivity (Wildman–Crippen MR) is 85.8 cm³/mol. The van der Waals surface area contributed by atoms with Crippen molar-refractivity contribution < 1.29 is 4.79 Å². The summed E-state index contributed by atoms with van der Waals surface area (Å²) in [6.07, 6.45) is 5.04. The minimum atomic E-state index is 0.150. The Morgan fingerprint density at radius 1 is 1.52 bits per heavy atom. The van der Waals surface area contributed by atoms with Crippen LogP contribution in [0.1, 0.15) is 37.1 Å². The molecule has 0 spiro atoms. The highest BCUT2D eigenvalue weighted by Gasteiger charge is 2.26. The number of nitrogens with one attached hydrogen (secondary N) is 1. The minimum Gasteiger partial charge on any atom is -0.354 e. The molecule has 0 bridgehead atoms. The van der Waals surface area contributed by atoms with Crippen LogP contribution in [0.4, 0.5) is 0 Å². The lowest BCUT2D eigenvalue weighted by atomic mass is 9.85. The van der Waals surface area contributed by atoms with Crippen LogP contribution in [0.5, 0.6) is 0 Å². The fourth-order valence-electron chi connectivity index (χ4n) is 2.96. The summed E-state index contributed by atoms with van der Waals surface area (Å²) >= 11 is 7.90. The van der Waals surface area contributed by atoms with E-state index in [1.165, 1.54) is 16.8 Å². The Balaban J connectivity index is 1.79. The quantitative estimate of drug-likeness (QED) is 0.881. The number of thiophene rings is 1. The van der Waals surface area contributed by atoms with Gasteiger partial charge in [0.25, 0.3) is 0 Å². The molecule has 0 saturated carbocycles. The summed E-state index contributed by atoms with van der Waals surface area (Å²) in [5.74, 6) is 0.563. The number of rotatable bonds is 3. The zero-order valence-electron chi connectivity index (χ0n) is 12.1. The molecule has 6 heteroatoms. The molecule has 2 heterocycles. The van der Waals surface area contributed by atoms with Gasteiger partial charge in [0.1, 0.15) is 16.3 Å². The van der Waals surface area contributed by atoms with Crippen LogP contribution in [0.3, 0.4) is 0 Å². The summed E-state index contributed by atoms with van der Waals surface area (Å²) in [7, 11) is 0. The van der Waals surface area contributed by atoms with E-state index in [4.69, 9.17) is 11.6 Å². The largest absolute Gasteiger partial charge is 0.354 e. The van der Waals surface area contributed by atoms with Crippen molar-refractivity contribution in [1.29, 1.82) is 0 Å². The first-order valence-electron chi connectivity index (χ1n) is 7.24. The van der Waals surface area contributed by atoms with Gasteiger partial charge in [0.2, 0.25) is 5.91 Å². The van der Waals surface area contributed by atoms with Gasteiger partial charge in [-0.3, -0.25) is 4.79 Å². The van der Waals surface area contributed by atoms with E-state index < -0.39 is 0 Å². The molecule has 1 aliphatic rings. The number of hydrogen-bond acceptors (Lipinski definition) is 4. The molecule has 112 valence electrons. The lowest BCUT2D eigenvalue weighted by Crippen LogP contribution is -2.32. The van der Waals surface area contributed by atoms with Crippen LogP contribution in [0.15, 0.2) is 6.33 Å². The molecular formula is C15H18ClN3OS. The summed E-state index contributed by atoms with van der Waals surface area (Å²) in [5, 5.41) is 4.54. The van der Waals surface area contributed by atoms with Gasteiger partial charge >= 0.3 is 0 Å². The van der Waals surface area contributed by atoms with Crippen LogP contribution < -0.4 is 5.32 Å². The van der Waals surface area contributed by atoms with Crippen molar-refractivity contribution in [2.24, 2.45) is 5.92 Å².